The molecular formula is C11H22N2O3S. The van der Waals surface area contributed by atoms with Crippen molar-refractivity contribution < 1.29 is 13.2 Å². The molecular weight excluding hydrogens is 240 g/mol. The minimum atomic E-state index is -3.02. The Bertz CT molecular complexity index is 367. The normalized spacial score (nSPS) is 25.6. The summed E-state index contributed by atoms with van der Waals surface area (Å²) in [5.41, 5.74) is 5.93. The van der Waals surface area contributed by atoms with E-state index in [1.54, 1.807) is 7.05 Å². The highest BCUT2D eigenvalue weighted by Gasteiger charge is 2.30. The van der Waals surface area contributed by atoms with Gasteiger partial charge in [0.05, 0.1) is 11.7 Å². The van der Waals surface area contributed by atoms with Crippen LogP contribution >= 0.6 is 0 Å². The maximum Gasteiger partial charge on any atom is 0.227 e. The van der Waals surface area contributed by atoms with E-state index in [1.165, 1.54) is 11.2 Å². The number of nitrogens with two attached hydrogens (primary N) is 1. The van der Waals surface area contributed by atoms with Crippen molar-refractivity contribution >= 4 is 15.7 Å². The van der Waals surface area contributed by atoms with Crippen LogP contribution in [0.25, 0.3) is 0 Å². The van der Waals surface area contributed by atoms with Crippen LogP contribution in [-0.2, 0) is 14.6 Å². The first-order valence-corrected chi connectivity index (χ1v) is 8.05. The topological polar surface area (TPSA) is 80.5 Å². The molecule has 1 saturated carbocycles. The Labute approximate surface area is 103 Å². The summed E-state index contributed by atoms with van der Waals surface area (Å²) in [5, 5.41) is 0. The lowest BCUT2D eigenvalue weighted by molar-refractivity contribution is -0.135. The van der Waals surface area contributed by atoms with Gasteiger partial charge < -0.3 is 10.6 Å². The van der Waals surface area contributed by atoms with Gasteiger partial charge in [0.25, 0.3) is 0 Å². The molecule has 0 aromatic carbocycles. The van der Waals surface area contributed by atoms with E-state index in [9.17, 15) is 13.2 Å². The van der Waals surface area contributed by atoms with Crippen molar-refractivity contribution in [2.45, 2.75) is 31.7 Å². The molecule has 2 unspecified atom stereocenters. The van der Waals surface area contributed by atoms with Crippen LogP contribution in [0.3, 0.4) is 0 Å². The molecule has 1 aliphatic rings. The second-order valence-electron chi connectivity index (χ2n) is 4.94. The number of carbonyl (C=O) groups is 1. The fourth-order valence-electron chi connectivity index (χ4n) is 2.16. The Morgan fingerprint density at radius 1 is 1.35 bits per heavy atom. The minimum Gasteiger partial charge on any atom is -0.344 e. The van der Waals surface area contributed by atoms with E-state index in [0.29, 0.717) is 0 Å². The molecule has 0 bridgehead atoms. The molecule has 0 spiro atoms. The molecule has 0 heterocycles. The number of sulfone groups is 1. The second kappa shape index (κ2) is 5.82. The highest BCUT2D eigenvalue weighted by molar-refractivity contribution is 7.90. The van der Waals surface area contributed by atoms with Crippen LogP contribution < -0.4 is 5.73 Å². The van der Waals surface area contributed by atoms with Gasteiger partial charge in [-0.2, -0.15) is 0 Å². The Morgan fingerprint density at radius 3 is 2.47 bits per heavy atom. The van der Waals surface area contributed by atoms with E-state index >= 15 is 0 Å². The van der Waals surface area contributed by atoms with Gasteiger partial charge in [-0.05, 0) is 12.8 Å². The molecule has 2 N–H and O–H groups in total. The number of nitrogens with zero attached hydrogens (tertiary/aromatic N) is 1. The highest BCUT2D eigenvalue weighted by Crippen LogP contribution is 2.24. The number of rotatable bonds is 4. The SMILES string of the molecule is CN(CCS(C)(=O)=O)C(=O)C1CCCCC1N. The largest absolute Gasteiger partial charge is 0.344 e. The van der Waals surface area contributed by atoms with E-state index < -0.39 is 9.84 Å². The van der Waals surface area contributed by atoms with Gasteiger partial charge in [0.15, 0.2) is 0 Å². The van der Waals surface area contributed by atoms with Crippen molar-refractivity contribution in [1.29, 1.82) is 0 Å². The molecule has 5 nitrogen and oxygen atoms in total. The maximum absolute atomic E-state index is 12.1. The molecule has 0 aromatic rings. The predicted octanol–water partition coefficient (Wildman–Crippen LogP) is 0.00690. The number of hydrogen-bond donors (Lipinski definition) is 1. The number of amides is 1. The zero-order valence-electron chi connectivity index (χ0n) is 10.6. The molecule has 2 atom stereocenters. The molecule has 100 valence electrons. The molecule has 0 saturated heterocycles. The van der Waals surface area contributed by atoms with E-state index in [0.717, 1.165) is 25.7 Å². The lowest BCUT2D eigenvalue weighted by Crippen LogP contribution is -2.45. The van der Waals surface area contributed by atoms with E-state index in [1.807, 2.05) is 0 Å². The van der Waals surface area contributed by atoms with Crippen molar-refractivity contribution in [1.82, 2.24) is 4.90 Å². The molecule has 0 aromatic heterocycles. The number of hydrogen-bond acceptors (Lipinski definition) is 4. The highest BCUT2D eigenvalue weighted by atomic mass is 32.2. The molecule has 17 heavy (non-hydrogen) atoms. The zero-order chi connectivity index (χ0) is 13.1. The van der Waals surface area contributed by atoms with Gasteiger partial charge in [0.2, 0.25) is 5.91 Å². The molecule has 6 heteroatoms. The number of carbonyl (C=O) groups excluding carboxylic acids is 1. The Balaban J connectivity index is 2.50. The van der Waals surface area contributed by atoms with Crippen molar-refractivity contribution in [2.24, 2.45) is 11.7 Å². The molecule has 1 aliphatic carbocycles. The lowest BCUT2D eigenvalue weighted by atomic mass is 9.84. The van der Waals surface area contributed by atoms with E-state index in [-0.39, 0.29) is 30.2 Å². The summed E-state index contributed by atoms with van der Waals surface area (Å²) in [5.74, 6) is -0.133. The summed E-state index contributed by atoms with van der Waals surface area (Å²) < 4.78 is 22.1. The Hall–Kier alpha value is -0.620. The first kappa shape index (κ1) is 14.4. The minimum absolute atomic E-state index is 0.0111. The average molecular weight is 262 g/mol. The molecule has 0 aliphatic heterocycles. The second-order valence-corrected chi connectivity index (χ2v) is 7.20. The van der Waals surface area contributed by atoms with Gasteiger partial charge >= 0.3 is 0 Å². The van der Waals surface area contributed by atoms with Gasteiger partial charge in [-0.25, -0.2) is 8.42 Å². The van der Waals surface area contributed by atoms with Crippen molar-refractivity contribution in [3.05, 3.63) is 0 Å². The summed E-state index contributed by atoms with van der Waals surface area (Å²) in [6, 6.07) is -0.0723. The Morgan fingerprint density at radius 2 is 1.94 bits per heavy atom. The van der Waals surface area contributed by atoms with Gasteiger partial charge in [-0.3, -0.25) is 4.79 Å². The summed E-state index contributed by atoms with van der Waals surface area (Å²) in [4.78, 5) is 13.6. The first-order chi connectivity index (χ1) is 7.81. The van der Waals surface area contributed by atoms with E-state index in [4.69, 9.17) is 5.73 Å². The van der Waals surface area contributed by atoms with Gasteiger partial charge in [0.1, 0.15) is 9.84 Å². The Kier molecular flexibility index (Phi) is 4.94. The van der Waals surface area contributed by atoms with Crippen LogP contribution in [0.1, 0.15) is 25.7 Å². The summed E-state index contributed by atoms with van der Waals surface area (Å²) in [6.07, 6.45) is 5.00. The fourth-order valence-corrected chi connectivity index (χ4v) is 2.77. The van der Waals surface area contributed by atoms with Crippen molar-refractivity contribution in [3.8, 4) is 0 Å². The maximum atomic E-state index is 12.1. The fraction of sp³-hybridized carbons (Fsp3) is 0.909. The summed E-state index contributed by atoms with van der Waals surface area (Å²) >= 11 is 0. The summed E-state index contributed by atoms with van der Waals surface area (Å²) in [6.45, 7) is 0.251. The lowest BCUT2D eigenvalue weighted by Gasteiger charge is -2.31. The zero-order valence-corrected chi connectivity index (χ0v) is 11.4. The molecule has 1 fully saturated rings. The standard InChI is InChI=1S/C11H22N2O3S/c1-13(7-8-17(2,15)16)11(14)9-5-3-4-6-10(9)12/h9-10H,3-8,12H2,1-2H3. The average Bonchev–Trinajstić information content (AvgIpc) is 2.24. The van der Waals surface area contributed by atoms with Crippen molar-refractivity contribution in [2.75, 3.05) is 25.6 Å². The van der Waals surface area contributed by atoms with Gasteiger partial charge in [0, 0.05) is 25.9 Å². The van der Waals surface area contributed by atoms with E-state index in [2.05, 4.69) is 0 Å². The molecule has 1 amide bonds. The van der Waals surface area contributed by atoms with Crippen LogP contribution in [0.15, 0.2) is 0 Å². The quantitative estimate of drug-likeness (QED) is 0.773. The van der Waals surface area contributed by atoms with Crippen LogP contribution in [0.4, 0.5) is 0 Å². The molecule has 1 rings (SSSR count). The van der Waals surface area contributed by atoms with Crippen LogP contribution in [-0.4, -0.2) is 50.9 Å². The summed E-state index contributed by atoms with van der Waals surface area (Å²) in [7, 11) is -1.37. The monoisotopic (exact) mass is 262 g/mol. The van der Waals surface area contributed by atoms with Crippen LogP contribution in [0.5, 0.6) is 0 Å². The predicted molar refractivity (Wildman–Crippen MR) is 67.3 cm³/mol. The first-order valence-electron chi connectivity index (χ1n) is 5.99. The smallest absolute Gasteiger partial charge is 0.227 e. The third-order valence-electron chi connectivity index (χ3n) is 3.31. The van der Waals surface area contributed by atoms with Gasteiger partial charge in [-0.15, -0.1) is 0 Å². The molecule has 0 radical (unpaired) electrons. The van der Waals surface area contributed by atoms with Gasteiger partial charge in [-0.1, -0.05) is 12.8 Å². The third-order valence-corrected chi connectivity index (χ3v) is 4.23. The van der Waals surface area contributed by atoms with Crippen molar-refractivity contribution in [3.63, 3.8) is 0 Å². The van der Waals surface area contributed by atoms with Crippen LogP contribution in [0.2, 0.25) is 0 Å². The van der Waals surface area contributed by atoms with Crippen LogP contribution in [0, 0.1) is 5.92 Å². The third kappa shape index (κ3) is 4.63.